The van der Waals surface area contributed by atoms with Gasteiger partial charge in [-0.25, -0.2) is 4.98 Å². The minimum absolute atomic E-state index is 0.396. The molecule has 1 unspecified atom stereocenters. The second-order valence-electron chi connectivity index (χ2n) is 4.73. The van der Waals surface area contributed by atoms with Crippen LogP contribution in [0.1, 0.15) is 25.3 Å². The summed E-state index contributed by atoms with van der Waals surface area (Å²) in [6.07, 6.45) is 3.25. The van der Waals surface area contributed by atoms with Crippen molar-refractivity contribution < 1.29 is 5.11 Å². The van der Waals surface area contributed by atoms with Crippen LogP contribution >= 0.6 is 0 Å². The summed E-state index contributed by atoms with van der Waals surface area (Å²) in [6.45, 7) is 3.12. The average Bonchev–Trinajstić information content (AvgIpc) is 2.28. The van der Waals surface area contributed by atoms with Gasteiger partial charge < -0.3 is 15.7 Å². The number of β-amino-alcohol motifs (C(OH)–C–C–N with tert-alkyl or cyclic N) is 1. The molecule has 0 radical (unpaired) electrons. The van der Waals surface area contributed by atoms with E-state index in [2.05, 4.69) is 4.98 Å². The maximum absolute atomic E-state index is 10.0. The van der Waals surface area contributed by atoms with Crippen LogP contribution in [0.15, 0.2) is 12.3 Å². The molecule has 1 aromatic rings. The maximum atomic E-state index is 10.0. The van der Waals surface area contributed by atoms with E-state index in [9.17, 15) is 5.11 Å². The Kier molecular flexibility index (Phi) is 2.90. The predicted molar refractivity (Wildman–Crippen MR) is 65.4 cm³/mol. The highest BCUT2D eigenvalue weighted by atomic mass is 16.3. The molecule has 0 aliphatic carbocycles. The second-order valence-corrected chi connectivity index (χ2v) is 4.73. The molecule has 0 saturated carbocycles. The van der Waals surface area contributed by atoms with E-state index < -0.39 is 5.60 Å². The molecule has 2 rings (SSSR count). The molecule has 5 nitrogen and oxygen atoms in total. The van der Waals surface area contributed by atoms with Crippen molar-refractivity contribution in [3.05, 3.63) is 17.8 Å². The summed E-state index contributed by atoms with van der Waals surface area (Å²) in [6, 6.07) is 3.64. The standard InChI is InChI=1S/C12H16N4O/c1-12(17)4-2-6-16(8-12)11-10(14)9(7-13)3-5-15-11/h3,5,17H,2,4,6,8,14H2,1H3. The maximum Gasteiger partial charge on any atom is 0.153 e. The lowest BCUT2D eigenvalue weighted by Gasteiger charge is -2.37. The van der Waals surface area contributed by atoms with Crippen LogP contribution < -0.4 is 10.6 Å². The number of hydrogen-bond acceptors (Lipinski definition) is 5. The van der Waals surface area contributed by atoms with Gasteiger partial charge in [-0.1, -0.05) is 0 Å². The Morgan fingerprint density at radius 3 is 3.06 bits per heavy atom. The molecular weight excluding hydrogens is 216 g/mol. The number of pyridine rings is 1. The lowest BCUT2D eigenvalue weighted by molar-refractivity contribution is 0.0447. The Hall–Kier alpha value is -1.80. The number of piperidine rings is 1. The van der Waals surface area contributed by atoms with Crippen molar-refractivity contribution in [2.24, 2.45) is 0 Å². The van der Waals surface area contributed by atoms with E-state index in [-0.39, 0.29) is 0 Å². The topological polar surface area (TPSA) is 86.2 Å². The summed E-state index contributed by atoms with van der Waals surface area (Å²) in [7, 11) is 0. The zero-order valence-electron chi connectivity index (χ0n) is 9.85. The van der Waals surface area contributed by atoms with Crippen LogP contribution in [0.25, 0.3) is 0 Å². The molecule has 0 amide bonds. The number of nitriles is 1. The summed E-state index contributed by atoms with van der Waals surface area (Å²) < 4.78 is 0. The molecule has 5 heteroatoms. The molecule has 3 N–H and O–H groups in total. The first-order valence-electron chi connectivity index (χ1n) is 5.65. The van der Waals surface area contributed by atoms with Crippen molar-refractivity contribution in [3.63, 3.8) is 0 Å². The molecule has 2 heterocycles. The summed E-state index contributed by atoms with van der Waals surface area (Å²) in [5, 5.41) is 19.0. The van der Waals surface area contributed by atoms with Crippen LogP contribution in [-0.2, 0) is 0 Å². The molecule has 1 aromatic heterocycles. The lowest BCUT2D eigenvalue weighted by Crippen LogP contribution is -2.46. The molecule has 1 atom stereocenters. The number of hydrogen-bond donors (Lipinski definition) is 2. The Balaban J connectivity index is 2.32. The second kappa shape index (κ2) is 4.22. The van der Waals surface area contributed by atoms with Gasteiger partial charge in [-0.2, -0.15) is 5.26 Å². The number of nitrogens with zero attached hydrogens (tertiary/aromatic N) is 3. The number of nitrogen functional groups attached to an aromatic ring is 1. The van der Waals surface area contributed by atoms with Crippen LogP contribution in [0, 0.1) is 11.3 Å². The van der Waals surface area contributed by atoms with Gasteiger partial charge in [0.05, 0.1) is 16.9 Å². The fourth-order valence-corrected chi connectivity index (χ4v) is 2.21. The zero-order valence-corrected chi connectivity index (χ0v) is 9.85. The first-order chi connectivity index (χ1) is 8.03. The van der Waals surface area contributed by atoms with Crippen LogP contribution in [0.2, 0.25) is 0 Å². The quantitative estimate of drug-likeness (QED) is 0.750. The average molecular weight is 232 g/mol. The van der Waals surface area contributed by atoms with E-state index in [1.165, 1.54) is 0 Å². The minimum atomic E-state index is -0.713. The van der Waals surface area contributed by atoms with Crippen molar-refractivity contribution in [3.8, 4) is 6.07 Å². The van der Waals surface area contributed by atoms with Crippen LogP contribution in [-0.4, -0.2) is 28.8 Å². The Morgan fingerprint density at radius 2 is 2.41 bits per heavy atom. The van der Waals surface area contributed by atoms with Crippen molar-refractivity contribution >= 4 is 11.5 Å². The number of anilines is 2. The van der Waals surface area contributed by atoms with Gasteiger partial charge in [0.1, 0.15) is 6.07 Å². The Labute approximate surface area is 100 Å². The molecule has 1 aliphatic rings. The minimum Gasteiger partial charge on any atom is -0.395 e. The molecule has 1 fully saturated rings. The van der Waals surface area contributed by atoms with E-state index in [1.807, 2.05) is 17.9 Å². The van der Waals surface area contributed by atoms with E-state index in [0.717, 1.165) is 19.4 Å². The first-order valence-corrected chi connectivity index (χ1v) is 5.65. The van der Waals surface area contributed by atoms with Gasteiger partial charge in [-0.05, 0) is 25.8 Å². The molecule has 0 spiro atoms. The number of aromatic nitrogens is 1. The SMILES string of the molecule is CC1(O)CCCN(c2nccc(C#N)c2N)C1. The molecule has 0 bridgehead atoms. The molecular formula is C12H16N4O. The van der Waals surface area contributed by atoms with Gasteiger partial charge in [0.2, 0.25) is 0 Å². The van der Waals surface area contributed by atoms with Crippen molar-refractivity contribution in [1.29, 1.82) is 5.26 Å². The van der Waals surface area contributed by atoms with E-state index in [1.54, 1.807) is 12.3 Å². The monoisotopic (exact) mass is 232 g/mol. The zero-order chi connectivity index (χ0) is 12.5. The van der Waals surface area contributed by atoms with Gasteiger partial charge >= 0.3 is 0 Å². The molecule has 1 saturated heterocycles. The van der Waals surface area contributed by atoms with Gasteiger partial charge in [0.25, 0.3) is 0 Å². The molecule has 0 aromatic carbocycles. The van der Waals surface area contributed by atoms with Crippen molar-refractivity contribution in [2.75, 3.05) is 23.7 Å². The van der Waals surface area contributed by atoms with Crippen molar-refractivity contribution in [1.82, 2.24) is 4.98 Å². The molecule has 90 valence electrons. The number of rotatable bonds is 1. The van der Waals surface area contributed by atoms with Gasteiger partial charge in [0.15, 0.2) is 5.82 Å². The summed E-state index contributed by atoms with van der Waals surface area (Å²) in [5.74, 6) is 0.601. The van der Waals surface area contributed by atoms with Crippen molar-refractivity contribution in [2.45, 2.75) is 25.4 Å². The lowest BCUT2D eigenvalue weighted by atomic mass is 9.95. The molecule has 17 heavy (non-hydrogen) atoms. The fourth-order valence-electron chi connectivity index (χ4n) is 2.21. The van der Waals surface area contributed by atoms with Gasteiger partial charge in [0, 0.05) is 19.3 Å². The number of nitrogens with two attached hydrogens (primary N) is 1. The third-order valence-electron chi connectivity index (χ3n) is 3.06. The Bertz CT molecular complexity index is 464. The van der Waals surface area contributed by atoms with E-state index >= 15 is 0 Å². The van der Waals surface area contributed by atoms with Crippen LogP contribution in [0.5, 0.6) is 0 Å². The predicted octanol–water partition coefficient (Wildman–Crippen LogP) is 0.887. The largest absolute Gasteiger partial charge is 0.395 e. The highest BCUT2D eigenvalue weighted by molar-refractivity contribution is 5.70. The van der Waals surface area contributed by atoms with Gasteiger partial charge in [-0.3, -0.25) is 0 Å². The summed E-state index contributed by atoms with van der Waals surface area (Å²) >= 11 is 0. The molecule has 1 aliphatic heterocycles. The first kappa shape index (κ1) is 11.7. The smallest absolute Gasteiger partial charge is 0.153 e. The Morgan fingerprint density at radius 1 is 1.65 bits per heavy atom. The number of aliphatic hydroxyl groups is 1. The van der Waals surface area contributed by atoms with Crippen LogP contribution in [0.3, 0.4) is 0 Å². The van der Waals surface area contributed by atoms with E-state index in [4.69, 9.17) is 11.0 Å². The summed E-state index contributed by atoms with van der Waals surface area (Å²) in [4.78, 5) is 6.16. The normalized spacial score (nSPS) is 24.4. The van der Waals surface area contributed by atoms with Crippen LogP contribution in [0.4, 0.5) is 11.5 Å². The third-order valence-corrected chi connectivity index (χ3v) is 3.06. The van der Waals surface area contributed by atoms with Gasteiger partial charge in [-0.15, -0.1) is 0 Å². The van der Waals surface area contributed by atoms with E-state index in [0.29, 0.717) is 23.6 Å². The highest BCUT2D eigenvalue weighted by Gasteiger charge is 2.30. The third kappa shape index (κ3) is 2.32. The highest BCUT2D eigenvalue weighted by Crippen LogP contribution is 2.29. The fraction of sp³-hybridized carbons (Fsp3) is 0.500. The summed E-state index contributed by atoms with van der Waals surface area (Å²) in [5.41, 5.74) is 6.02.